The molecule has 0 saturated heterocycles. The molecule has 5 nitrogen and oxygen atoms in total. The first-order valence-corrected chi connectivity index (χ1v) is 5.94. The van der Waals surface area contributed by atoms with E-state index in [1.54, 1.807) is 25.8 Å². The summed E-state index contributed by atoms with van der Waals surface area (Å²) in [6.45, 7) is 9.33. The van der Waals surface area contributed by atoms with Crippen LogP contribution in [0.3, 0.4) is 0 Å². The third kappa shape index (κ3) is 4.63. The Bertz CT molecular complexity index is 279. The van der Waals surface area contributed by atoms with Gasteiger partial charge >= 0.3 is 12.0 Å². The van der Waals surface area contributed by atoms with Gasteiger partial charge in [0.2, 0.25) is 0 Å². The van der Waals surface area contributed by atoms with E-state index in [1.165, 1.54) is 0 Å². The van der Waals surface area contributed by atoms with E-state index in [-0.39, 0.29) is 18.1 Å². The molecule has 3 unspecified atom stereocenters. The minimum atomic E-state index is -0.905. The summed E-state index contributed by atoms with van der Waals surface area (Å²) in [6.07, 6.45) is 0. The molecule has 2 amide bonds. The Balaban J connectivity index is 4.39. The van der Waals surface area contributed by atoms with Gasteiger partial charge in [0.25, 0.3) is 0 Å². The van der Waals surface area contributed by atoms with E-state index in [0.29, 0.717) is 5.92 Å². The maximum absolute atomic E-state index is 11.8. The van der Waals surface area contributed by atoms with Crippen molar-refractivity contribution in [3.8, 4) is 0 Å². The van der Waals surface area contributed by atoms with Crippen molar-refractivity contribution in [1.29, 1.82) is 0 Å². The van der Waals surface area contributed by atoms with Crippen molar-refractivity contribution in [2.45, 2.75) is 46.7 Å². The molecule has 0 fully saturated rings. The summed E-state index contributed by atoms with van der Waals surface area (Å²) in [5.41, 5.74) is 0. The molecule has 17 heavy (non-hydrogen) atoms. The predicted molar refractivity (Wildman–Crippen MR) is 66.9 cm³/mol. The SMILES string of the molecule is CC(C)C(C)N(C)C(=O)NC(C)C(C)C(=O)O. The molecule has 3 atom stereocenters. The lowest BCUT2D eigenvalue weighted by molar-refractivity contribution is -0.141. The van der Waals surface area contributed by atoms with E-state index in [4.69, 9.17) is 5.11 Å². The molecule has 0 aliphatic heterocycles. The predicted octanol–water partition coefficient (Wildman–Crippen LogP) is 1.78. The van der Waals surface area contributed by atoms with Crippen molar-refractivity contribution in [1.82, 2.24) is 10.2 Å². The third-order valence-electron chi connectivity index (χ3n) is 3.39. The number of carboxylic acid groups (broad SMARTS) is 1. The van der Waals surface area contributed by atoms with Crippen LogP contribution in [0.15, 0.2) is 0 Å². The number of carbonyl (C=O) groups is 2. The molecule has 0 heterocycles. The highest BCUT2D eigenvalue weighted by molar-refractivity contribution is 5.76. The van der Waals surface area contributed by atoms with Gasteiger partial charge in [0.05, 0.1) is 5.92 Å². The van der Waals surface area contributed by atoms with Crippen molar-refractivity contribution < 1.29 is 14.7 Å². The minimum absolute atomic E-state index is 0.113. The fraction of sp³-hybridized carbons (Fsp3) is 0.833. The van der Waals surface area contributed by atoms with E-state index < -0.39 is 11.9 Å². The molecule has 0 rings (SSSR count). The Morgan fingerprint density at radius 2 is 1.59 bits per heavy atom. The van der Waals surface area contributed by atoms with E-state index in [1.807, 2.05) is 20.8 Å². The maximum atomic E-state index is 11.8. The van der Waals surface area contributed by atoms with E-state index in [0.717, 1.165) is 0 Å². The van der Waals surface area contributed by atoms with Gasteiger partial charge in [0, 0.05) is 19.1 Å². The van der Waals surface area contributed by atoms with Gasteiger partial charge in [0.1, 0.15) is 0 Å². The summed E-state index contributed by atoms with van der Waals surface area (Å²) >= 11 is 0. The molecule has 0 radical (unpaired) electrons. The molecule has 0 aromatic heterocycles. The Morgan fingerprint density at radius 3 is 1.94 bits per heavy atom. The average Bonchev–Trinajstić information content (AvgIpc) is 2.25. The zero-order chi connectivity index (χ0) is 13.7. The third-order valence-corrected chi connectivity index (χ3v) is 3.39. The van der Waals surface area contributed by atoms with E-state index in [2.05, 4.69) is 5.32 Å². The van der Waals surface area contributed by atoms with Crippen LogP contribution in [-0.2, 0) is 4.79 Å². The minimum Gasteiger partial charge on any atom is -0.481 e. The van der Waals surface area contributed by atoms with Crippen molar-refractivity contribution in [3.63, 3.8) is 0 Å². The van der Waals surface area contributed by atoms with Crippen LogP contribution in [-0.4, -0.2) is 41.1 Å². The number of carboxylic acids is 1. The van der Waals surface area contributed by atoms with Gasteiger partial charge in [-0.1, -0.05) is 13.8 Å². The number of carbonyl (C=O) groups excluding carboxylic acids is 1. The summed E-state index contributed by atoms with van der Waals surface area (Å²) in [5.74, 6) is -1.14. The Morgan fingerprint density at radius 1 is 1.12 bits per heavy atom. The van der Waals surface area contributed by atoms with Crippen molar-refractivity contribution in [2.75, 3.05) is 7.05 Å². The molecule has 5 heteroatoms. The zero-order valence-electron chi connectivity index (χ0n) is 11.5. The summed E-state index contributed by atoms with van der Waals surface area (Å²) < 4.78 is 0. The number of nitrogens with zero attached hydrogens (tertiary/aromatic N) is 1. The number of nitrogens with one attached hydrogen (secondary N) is 1. The average molecular weight is 244 g/mol. The first-order chi connectivity index (χ1) is 7.68. The number of rotatable bonds is 5. The fourth-order valence-corrected chi connectivity index (χ4v) is 1.27. The molecule has 0 aromatic rings. The second-order valence-electron chi connectivity index (χ2n) is 4.96. The van der Waals surface area contributed by atoms with Gasteiger partial charge in [-0.05, 0) is 26.7 Å². The molecule has 0 spiro atoms. The smallest absolute Gasteiger partial charge is 0.317 e. The molecule has 0 aliphatic carbocycles. The first kappa shape index (κ1) is 15.7. The van der Waals surface area contributed by atoms with Crippen LogP contribution < -0.4 is 5.32 Å². The van der Waals surface area contributed by atoms with Gasteiger partial charge in [0.15, 0.2) is 0 Å². The van der Waals surface area contributed by atoms with Gasteiger partial charge in [-0.15, -0.1) is 0 Å². The van der Waals surface area contributed by atoms with Crippen LogP contribution in [0.2, 0.25) is 0 Å². The quantitative estimate of drug-likeness (QED) is 0.774. The number of amides is 2. The van der Waals surface area contributed by atoms with Crippen molar-refractivity contribution in [2.24, 2.45) is 11.8 Å². The second kappa shape index (κ2) is 6.47. The summed E-state index contributed by atoms with van der Waals surface area (Å²) in [5, 5.41) is 11.5. The molecular formula is C12H24N2O3. The van der Waals surface area contributed by atoms with Crippen LogP contribution >= 0.6 is 0 Å². The molecular weight excluding hydrogens is 220 g/mol. The summed E-state index contributed by atoms with van der Waals surface area (Å²) in [6, 6.07) is -0.504. The highest BCUT2D eigenvalue weighted by Crippen LogP contribution is 2.09. The molecule has 0 aliphatic rings. The van der Waals surface area contributed by atoms with Crippen LogP contribution in [0.25, 0.3) is 0 Å². The van der Waals surface area contributed by atoms with E-state index >= 15 is 0 Å². The van der Waals surface area contributed by atoms with Gasteiger partial charge in [-0.2, -0.15) is 0 Å². The standard InChI is InChI=1S/C12H24N2O3/c1-7(2)10(5)14(6)12(17)13-9(4)8(3)11(15)16/h7-10H,1-6H3,(H,13,17)(H,15,16). The van der Waals surface area contributed by atoms with Crippen LogP contribution in [0.1, 0.15) is 34.6 Å². The van der Waals surface area contributed by atoms with Crippen LogP contribution in [0, 0.1) is 11.8 Å². The highest BCUT2D eigenvalue weighted by atomic mass is 16.4. The van der Waals surface area contributed by atoms with Gasteiger partial charge in [-0.3, -0.25) is 4.79 Å². The van der Waals surface area contributed by atoms with Gasteiger partial charge < -0.3 is 15.3 Å². The molecule has 0 aromatic carbocycles. The van der Waals surface area contributed by atoms with Crippen molar-refractivity contribution in [3.05, 3.63) is 0 Å². The molecule has 0 saturated carbocycles. The maximum Gasteiger partial charge on any atom is 0.317 e. The number of hydrogen-bond donors (Lipinski definition) is 2. The Labute approximate surface area is 103 Å². The normalized spacial score (nSPS) is 16.2. The van der Waals surface area contributed by atoms with E-state index in [9.17, 15) is 9.59 Å². The second-order valence-corrected chi connectivity index (χ2v) is 4.96. The summed E-state index contributed by atoms with van der Waals surface area (Å²) in [4.78, 5) is 24.2. The monoisotopic (exact) mass is 244 g/mol. The van der Waals surface area contributed by atoms with Crippen LogP contribution in [0.4, 0.5) is 4.79 Å². The lowest BCUT2D eigenvalue weighted by atomic mass is 10.0. The molecule has 0 bridgehead atoms. The number of aliphatic carboxylic acids is 1. The number of hydrogen-bond acceptors (Lipinski definition) is 2. The summed E-state index contributed by atoms with van der Waals surface area (Å²) in [7, 11) is 1.72. The number of urea groups is 1. The fourth-order valence-electron chi connectivity index (χ4n) is 1.27. The lowest BCUT2D eigenvalue weighted by Crippen LogP contribution is -2.49. The van der Waals surface area contributed by atoms with Gasteiger partial charge in [-0.25, -0.2) is 4.79 Å². The zero-order valence-corrected chi connectivity index (χ0v) is 11.5. The Kier molecular flexibility index (Phi) is 5.99. The Hall–Kier alpha value is -1.26. The molecule has 100 valence electrons. The lowest BCUT2D eigenvalue weighted by Gasteiger charge is -2.30. The highest BCUT2D eigenvalue weighted by Gasteiger charge is 2.24. The first-order valence-electron chi connectivity index (χ1n) is 5.94. The largest absolute Gasteiger partial charge is 0.481 e. The van der Waals surface area contributed by atoms with Crippen LogP contribution in [0.5, 0.6) is 0 Å². The topological polar surface area (TPSA) is 69.6 Å². The van der Waals surface area contributed by atoms with Crippen molar-refractivity contribution >= 4 is 12.0 Å². The molecule has 2 N–H and O–H groups in total.